The molecule has 0 aliphatic heterocycles. The Morgan fingerprint density at radius 3 is 3.00 bits per heavy atom. The molecular weight excluding hydrogens is 218 g/mol. The van der Waals surface area contributed by atoms with Gasteiger partial charge in [0.25, 0.3) is 0 Å². The molecule has 0 radical (unpaired) electrons. The Labute approximate surface area is 101 Å². The van der Waals surface area contributed by atoms with E-state index in [0.717, 1.165) is 6.54 Å². The average molecular weight is 237 g/mol. The number of aromatic nitrogens is 2. The maximum absolute atomic E-state index is 11.1. The molecular formula is C12H19N3O2. The highest BCUT2D eigenvalue weighted by atomic mass is 16.5. The molecule has 0 saturated heterocycles. The van der Waals surface area contributed by atoms with Crippen LogP contribution >= 0.6 is 0 Å². The zero-order valence-corrected chi connectivity index (χ0v) is 10.5. The van der Waals surface area contributed by atoms with E-state index >= 15 is 0 Å². The monoisotopic (exact) mass is 237 g/mol. The van der Waals surface area contributed by atoms with Gasteiger partial charge in [0.1, 0.15) is 0 Å². The first-order chi connectivity index (χ1) is 8.13. The van der Waals surface area contributed by atoms with Crippen LogP contribution in [-0.4, -0.2) is 35.4 Å². The smallest absolute Gasteiger partial charge is 0.333 e. The van der Waals surface area contributed by atoms with E-state index in [1.165, 1.54) is 7.11 Å². The predicted molar refractivity (Wildman–Crippen MR) is 65.5 cm³/mol. The van der Waals surface area contributed by atoms with E-state index in [-0.39, 0.29) is 12.0 Å². The van der Waals surface area contributed by atoms with Crippen LogP contribution in [0.25, 0.3) is 0 Å². The van der Waals surface area contributed by atoms with Gasteiger partial charge in [0.15, 0.2) is 0 Å². The molecule has 0 fully saturated rings. The topological polar surface area (TPSA) is 56.1 Å². The lowest BCUT2D eigenvalue weighted by Gasteiger charge is -2.12. The normalized spacial score (nSPS) is 13.5. The Kier molecular flexibility index (Phi) is 5.42. The highest BCUT2D eigenvalue weighted by molar-refractivity contribution is 5.87. The van der Waals surface area contributed by atoms with Gasteiger partial charge < -0.3 is 10.1 Å². The van der Waals surface area contributed by atoms with Crippen molar-refractivity contribution in [2.24, 2.45) is 0 Å². The molecule has 1 N–H and O–H groups in total. The summed E-state index contributed by atoms with van der Waals surface area (Å²) in [4.78, 5) is 11.1. The van der Waals surface area contributed by atoms with E-state index in [4.69, 9.17) is 0 Å². The summed E-state index contributed by atoms with van der Waals surface area (Å²) in [6.07, 6.45) is 5.51. The third-order valence-electron chi connectivity index (χ3n) is 2.40. The third-order valence-corrected chi connectivity index (χ3v) is 2.40. The lowest BCUT2D eigenvalue weighted by atomic mass is 10.2. The molecule has 0 bridgehead atoms. The second-order valence-electron chi connectivity index (χ2n) is 3.92. The molecule has 1 unspecified atom stereocenters. The first-order valence-electron chi connectivity index (χ1n) is 5.59. The number of carbonyl (C=O) groups excluding carboxylic acids is 1. The van der Waals surface area contributed by atoms with E-state index in [0.29, 0.717) is 12.1 Å². The standard InChI is InChI=1S/C12H19N3O2/c1-10(12(16)17-3)5-7-13-11(2)9-15-8-4-6-14-15/h4-6,8,11,13H,7,9H2,1-3H3/b10-5+. The molecule has 5 nitrogen and oxygen atoms in total. The Hall–Kier alpha value is -1.62. The number of hydrogen-bond acceptors (Lipinski definition) is 4. The maximum atomic E-state index is 11.1. The SMILES string of the molecule is COC(=O)/C(C)=C/CNC(C)Cn1cccn1. The number of nitrogens with one attached hydrogen (secondary N) is 1. The van der Waals surface area contributed by atoms with Gasteiger partial charge in [0.05, 0.1) is 13.7 Å². The fraction of sp³-hybridized carbons (Fsp3) is 0.500. The minimum absolute atomic E-state index is 0.286. The molecule has 0 aliphatic rings. The van der Waals surface area contributed by atoms with Gasteiger partial charge in [-0.1, -0.05) is 6.08 Å². The van der Waals surface area contributed by atoms with Crippen LogP contribution in [-0.2, 0) is 16.1 Å². The Morgan fingerprint density at radius 1 is 1.65 bits per heavy atom. The Morgan fingerprint density at radius 2 is 2.41 bits per heavy atom. The summed E-state index contributed by atoms with van der Waals surface area (Å²) in [5.74, 6) is -0.286. The lowest BCUT2D eigenvalue weighted by molar-refractivity contribution is -0.136. The highest BCUT2D eigenvalue weighted by Crippen LogP contribution is 1.95. The summed E-state index contributed by atoms with van der Waals surface area (Å²) in [5, 5.41) is 7.41. The van der Waals surface area contributed by atoms with E-state index in [1.54, 1.807) is 13.1 Å². The molecule has 0 spiro atoms. The van der Waals surface area contributed by atoms with E-state index in [1.807, 2.05) is 23.0 Å². The molecule has 1 atom stereocenters. The van der Waals surface area contributed by atoms with Crippen molar-refractivity contribution in [3.8, 4) is 0 Å². The first kappa shape index (κ1) is 13.4. The molecule has 1 rings (SSSR count). The van der Waals surface area contributed by atoms with Crippen LogP contribution in [0.15, 0.2) is 30.1 Å². The average Bonchev–Trinajstić information content (AvgIpc) is 2.80. The van der Waals surface area contributed by atoms with Crippen molar-refractivity contribution in [1.29, 1.82) is 0 Å². The fourth-order valence-electron chi connectivity index (χ4n) is 1.41. The Balaban J connectivity index is 2.29. The van der Waals surface area contributed by atoms with Crippen molar-refractivity contribution >= 4 is 5.97 Å². The van der Waals surface area contributed by atoms with Gasteiger partial charge in [0, 0.05) is 30.6 Å². The van der Waals surface area contributed by atoms with Crippen molar-refractivity contribution in [1.82, 2.24) is 15.1 Å². The summed E-state index contributed by atoms with van der Waals surface area (Å²) in [7, 11) is 1.38. The van der Waals surface area contributed by atoms with Crippen molar-refractivity contribution in [3.63, 3.8) is 0 Å². The van der Waals surface area contributed by atoms with Crippen LogP contribution in [0.4, 0.5) is 0 Å². The second kappa shape index (κ2) is 6.85. The molecule has 94 valence electrons. The van der Waals surface area contributed by atoms with Crippen molar-refractivity contribution in [2.45, 2.75) is 26.4 Å². The molecule has 0 saturated carbocycles. The molecule has 0 amide bonds. The summed E-state index contributed by atoms with van der Waals surface area (Å²) < 4.78 is 6.48. The number of carbonyl (C=O) groups is 1. The minimum Gasteiger partial charge on any atom is -0.466 e. The van der Waals surface area contributed by atoms with Gasteiger partial charge in [-0.05, 0) is 19.9 Å². The summed E-state index contributed by atoms with van der Waals surface area (Å²) in [6, 6.07) is 2.19. The molecule has 1 aromatic rings. The van der Waals surface area contributed by atoms with E-state index in [2.05, 4.69) is 22.1 Å². The predicted octanol–water partition coefficient (Wildman–Crippen LogP) is 0.980. The van der Waals surface area contributed by atoms with E-state index < -0.39 is 0 Å². The number of esters is 1. The molecule has 0 aromatic carbocycles. The summed E-state index contributed by atoms with van der Waals surface area (Å²) in [6.45, 7) is 5.26. The van der Waals surface area contributed by atoms with Gasteiger partial charge in [-0.15, -0.1) is 0 Å². The van der Waals surface area contributed by atoms with Gasteiger partial charge >= 0.3 is 5.97 Å². The Bertz CT molecular complexity index is 371. The van der Waals surface area contributed by atoms with Crippen LogP contribution in [0, 0.1) is 0 Å². The van der Waals surface area contributed by atoms with Crippen LogP contribution in [0.3, 0.4) is 0 Å². The highest BCUT2D eigenvalue weighted by Gasteiger charge is 2.04. The van der Waals surface area contributed by atoms with Crippen LogP contribution < -0.4 is 5.32 Å². The summed E-state index contributed by atoms with van der Waals surface area (Å²) >= 11 is 0. The molecule has 1 aromatic heterocycles. The van der Waals surface area contributed by atoms with Crippen LogP contribution in [0.2, 0.25) is 0 Å². The largest absolute Gasteiger partial charge is 0.466 e. The molecule has 0 aliphatic carbocycles. The van der Waals surface area contributed by atoms with Gasteiger partial charge in [-0.3, -0.25) is 4.68 Å². The first-order valence-corrected chi connectivity index (χ1v) is 5.59. The molecule has 17 heavy (non-hydrogen) atoms. The zero-order valence-electron chi connectivity index (χ0n) is 10.5. The number of methoxy groups -OCH3 is 1. The lowest BCUT2D eigenvalue weighted by Crippen LogP contribution is -2.30. The zero-order chi connectivity index (χ0) is 12.7. The van der Waals surface area contributed by atoms with Crippen molar-refractivity contribution in [3.05, 3.63) is 30.1 Å². The quantitative estimate of drug-likeness (QED) is 0.592. The van der Waals surface area contributed by atoms with Crippen LogP contribution in [0.5, 0.6) is 0 Å². The van der Waals surface area contributed by atoms with Crippen molar-refractivity contribution < 1.29 is 9.53 Å². The number of nitrogens with zero attached hydrogens (tertiary/aromatic N) is 2. The minimum atomic E-state index is -0.286. The van der Waals surface area contributed by atoms with Crippen LogP contribution in [0.1, 0.15) is 13.8 Å². The van der Waals surface area contributed by atoms with E-state index in [9.17, 15) is 4.79 Å². The number of rotatable bonds is 6. The molecule has 1 heterocycles. The molecule has 5 heteroatoms. The summed E-state index contributed by atoms with van der Waals surface area (Å²) in [5.41, 5.74) is 0.617. The van der Waals surface area contributed by atoms with Gasteiger partial charge in [-0.2, -0.15) is 5.10 Å². The number of hydrogen-bond donors (Lipinski definition) is 1. The van der Waals surface area contributed by atoms with Crippen molar-refractivity contribution in [2.75, 3.05) is 13.7 Å². The third kappa shape index (κ3) is 4.82. The maximum Gasteiger partial charge on any atom is 0.333 e. The van der Waals surface area contributed by atoms with Gasteiger partial charge in [-0.25, -0.2) is 4.79 Å². The van der Waals surface area contributed by atoms with Gasteiger partial charge in [0.2, 0.25) is 0 Å². The fourth-order valence-corrected chi connectivity index (χ4v) is 1.41. The second-order valence-corrected chi connectivity index (χ2v) is 3.92. The number of ether oxygens (including phenoxy) is 1.